The molecule has 2 aromatic carbocycles. The molecule has 4 aromatic rings. The van der Waals surface area contributed by atoms with Crippen LogP contribution >= 0.6 is 0 Å². The third-order valence-electron chi connectivity index (χ3n) is 8.81. The standard InChI is InChI=1S/C32H34N6O2/c1-21-14-28(40-2)26(25-8-12-36-30(21)25)20-38-13-9-32(15-22(16-32)18-33)17-27(38)23-4-6-24(7-5-23)31(39)37-19-29-34-10-3-11-35-29/h3-8,10-12,14,22,27,36H,9,13,15-17,19-20H2,1-2H3,(H,37,39). The van der Waals surface area contributed by atoms with Crippen molar-refractivity contribution in [1.82, 2.24) is 25.2 Å². The van der Waals surface area contributed by atoms with Crippen molar-refractivity contribution in [3.8, 4) is 11.8 Å². The molecule has 8 heteroatoms. The van der Waals surface area contributed by atoms with Crippen molar-refractivity contribution in [2.24, 2.45) is 11.3 Å². The molecule has 0 bridgehead atoms. The molecule has 6 rings (SSSR count). The monoisotopic (exact) mass is 534 g/mol. The predicted molar refractivity (Wildman–Crippen MR) is 152 cm³/mol. The average Bonchev–Trinajstić information content (AvgIpc) is 3.48. The first kappa shape index (κ1) is 26.0. The molecule has 2 N–H and O–H groups in total. The minimum atomic E-state index is -0.147. The number of ether oxygens (including phenoxy) is 1. The van der Waals surface area contributed by atoms with Gasteiger partial charge >= 0.3 is 0 Å². The van der Waals surface area contributed by atoms with E-state index in [1.165, 1.54) is 22.1 Å². The molecule has 1 atom stereocenters. The first-order valence-electron chi connectivity index (χ1n) is 13.9. The average molecular weight is 535 g/mol. The van der Waals surface area contributed by atoms with E-state index in [2.05, 4.69) is 62.4 Å². The van der Waals surface area contributed by atoms with Crippen LogP contribution < -0.4 is 10.1 Å². The van der Waals surface area contributed by atoms with Gasteiger partial charge in [-0.3, -0.25) is 9.69 Å². The fourth-order valence-corrected chi connectivity index (χ4v) is 6.67. The molecular weight excluding hydrogens is 500 g/mol. The Kier molecular flexibility index (Phi) is 6.99. The number of rotatable bonds is 7. The van der Waals surface area contributed by atoms with E-state index in [-0.39, 0.29) is 29.8 Å². The van der Waals surface area contributed by atoms with Gasteiger partial charge in [0, 0.05) is 59.1 Å². The lowest BCUT2D eigenvalue weighted by Gasteiger charge is -2.53. The third kappa shape index (κ3) is 4.93. The molecule has 2 aliphatic rings. The van der Waals surface area contributed by atoms with E-state index in [4.69, 9.17) is 4.74 Å². The van der Waals surface area contributed by atoms with E-state index in [1.807, 2.05) is 18.3 Å². The summed E-state index contributed by atoms with van der Waals surface area (Å²) in [5, 5.41) is 13.6. The van der Waals surface area contributed by atoms with E-state index >= 15 is 0 Å². The quantitative estimate of drug-likeness (QED) is 0.326. The van der Waals surface area contributed by atoms with Crippen LogP contribution in [0.4, 0.5) is 0 Å². The van der Waals surface area contributed by atoms with Gasteiger partial charge in [0.15, 0.2) is 0 Å². The Bertz CT molecular complexity index is 1550. The summed E-state index contributed by atoms with van der Waals surface area (Å²) >= 11 is 0. The van der Waals surface area contributed by atoms with E-state index in [1.54, 1.807) is 25.6 Å². The van der Waals surface area contributed by atoms with Crippen LogP contribution in [0.1, 0.15) is 64.6 Å². The molecule has 1 aliphatic heterocycles. The van der Waals surface area contributed by atoms with Crippen molar-refractivity contribution in [3.63, 3.8) is 0 Å². The minimum absolute atomic E-state index is 0.147. The summed E-state index contributed by atoms with van der Waals surface area (Å²) in [6.07, 6.45) is 9.38. The number of aromatic amines is 1. The van der Waals surface area contributed by atoms with E-state index in [0.29, 0.717) is 11.4 Å². The SMILES string of the molecule is COc1cc(C)c2[nH]ccc2c1CN1CCC2(CC(C#N)C2)CC1c1ccc(C(=O)NCc2ncccn2)cc1. The number of methoxy groups -OCH3 is 1. The van der Waals surface area contributed by atoms with Crippen LogP contribution in [0.25, 0.3) is 10.9 Å². The zero-order valence-electron chi connectivity index (χ0n) is 23.0. The number of piperidine rings is 1. The second-order valence-corrected chi connectivity index (χ2v) is 11.3. The van der Waals surface area contributed by atoms with Crippen molar-refractivity contribution in [3.05, 3.63) is 89.1 Å². The Hall–Kier alpha value is -4.22. The van der Waals surface area contributed by atoms with Gasteiger partial charge < -0.3 is 15.0 Å². The number of hydrogen-bond acceptors (Lipinski definition) is 6. The van der Waals surface area contributed by atoms with Gasteiger partial charge in [-0.25, -0.2) is 9.97 Å². The molecule has 1 amide bonds. The second-order valence-electron chi connectivity index (χ2n) is 11.3. The largest absolute Gasteiger partial charge is 0.496 e. The number of likely N-dealkylation sites (tertiary alicyclic amines) is 1. The van der Waals surface area contributed by atoms with Crippen LogP contribution in [0.2, 0.25) is 0 Å². The summed E-state index contributed by atoms with van der Waals surface area (Å²) in [4.78, 5) is 27.1. The Morgan fingerprint density at radius 1 is 1.20 bits per heavy atom. The Morgan fingerprint density at radius 3 is 2.70 bits per heavy atom. The molecule has 1 unspecified atom stereocenters. The summed E-state index contributed by atoms with van der Waals surface area (Å²) in [5.41, 5.74) is 5.52. The first-order chi connectivity index (χ1) is 19.5. The lowest BCUT2D eigenvalue weighted by molar-refractivity contribution is -0.0298. The molecule has 1 aliphatic carbocycles. The van der Waals surface area contributed by atoms with Crippen LogP contribution in [0.5, 0.6) is 5.75 Å². The van der Waals surface area contributed by atoms with Gasteiger partial charge in [0.1, 0.15) is 11.6 Å². The number of fused-ring (bicyclic) bond motifs is 1. The van der Waals surface area contributed by atoms with Crippen LogP contribution in [-0.4, -0.2) is 39.4 Å². The van der Waals surface area contributed by atoms with Crippen molar-refractivity contribution in [1.29, 1.82) is 5.26 Å². The fraction of sp³-hybridized carbons (Fsp3) is 0.375. The zero-order valence-corrected chi connectivity index (χ0v) is 23.0. The summed E-state index contributed by atoms with van der Waals surface area (Å²) in [7, 11) is 1.74. The number of carbonyl (C=O) groups excluding carboxylic acids is 1. The van der Waals surface area contributed by atoms with Gasteiger partial charge in [0.2, 0.25) is 0 Å². The number of hydrogen-bond donors (Lipinski definition) is 2. The highest BCUT2D eigenvalue weighted by Crippen LogP contribution is 2.56. The number of nitriles is 1. The molecule has 2 fully saturated rings. The van der Waals surface area contributed by atoms with Crippen LogP contribution in [0, 0.1) is 29.6 Å². The first-order valence-corrected chi connectivity index (χ1v) is 13.9. The number of benzene rings is 2. The fourth-order valence-electron chi connectivity index (χ4n) is 6.67. The molecule has 1 saturated heterocycles. The number of H-pyrrole nitrogens is 1. The van der Waals surface area contributed by atoms with Crippen molar-refractivity contribution in [2.45, 2.75) is 51.7 Å². The van der Waals surface area contributed by atoms with Gasteiger partial charge in [0.05, 0.1) is 19.7 Å². The molecule has 204 valence electrons. The molecule has 2 aromatic heterocycles. The molecule has 1 saturated carbocycles. The van der Waals surface area contributed by atoms with Crippen molar-refractivity contribution < 1.29 is 9.53 Å². The Labute approximate surface area is 234 Å². The van der Waals surface area contributed by atoms with Gasteiger partial charge in [-0.15, -0.1) is 0 Å². The number of nitrogens with one attached hydrogen (secondary N) is 2. The van der Waals surface area contributed by atoms with Gasteiger partial charge in [-0.1, -0.05) is 12.1 Å². The maximum absolute atomic E-state index is 12.8. The number of carbonyl (C=O) groups is 1. The molecule has 40 heavy (non-hydrogen) atoms. The van der Waals surface area contributed by atoms with Gasteiger partial charge in [-0.05, 0) is 86.0 Å². The number of nitrogens with zero attached hydrogens (tertiary/aromatic N) is 4. The topological polar surface area (TPSA) is 107 Å². The lowest BCUT2D eigenvalue weighted by atomic mass is 9.56. The maximum atomic E-state index is 12.8. The lowest BCUT2D eigenvalue weighted by Crippen LogP contribution is -2.48. The number of aromatic nitrogens is 3. The molecule has 8 nitrogen and oxygen atoms in total. The maximum Gasteiger partial charge on any atom is 0.251 e. The minimum Gasteiger partial charge on any atom is -0.496 e. The third-order valence-corrected chi connectivity index (χ3v) is 8.81. The van der Waals surface area contributed by atoms with Crippen LogP contribution in [0.15, 0.2) is 61.1 Å². The number of amides is 1. The summed E-state index contributed by atoms with van der Waals surface area (Å²) < 4.78 is 5.86. The van der Waals surface area contributed by atoms with E-state index in [0.717, 1.165) is 50.0 Å². The molecule has 3 heterocycles. The highest BCUT2D eigenvalue weighted by Gasteiger charge is 2.49. The zero-order chi connectivity index (χ0) is 27.7. The highest BCUT2D eigenvalue weighted by atomic mass is 16.5. The van der Waals surface area contributed by atoms with Crippen molar-refractivity contribution in [2.75, 3.05) is 13.7 Å². The van der Waals surface area contributed by atoms with Crippen molar-refractivity contribution >= 4 is 16.8 Å². The summed E-state index contributed by atoms with van der Waals surface area (Å²) in [6.45, 7) is 4.10. The van der Waals surface area contributed by atoms with Crippen LogP contribution in [-0.2, 0) is 13.1 Å². The Balaban J connectivity index is 1.25. The second kappa shape index (κ2) is 10.7. The molecule has 0 radical (unpaired) electrons. The smallest absolute Gasteiger partial charge is 0.251 e. The molecule has 1 spiro atoms. The number of aryl methyl sites for hydroxylation is 1. The van der Waals surface area contributed by atoms with Gasteiger partial charge in [-0.2, -0.15) is 5.26 Å². The predicted octanol–water partition coefficient (Wildman–Crippen LogP) is 5.46. The van der Waals surface area contributed by atoms with Gasteiger partial charge in [0.25, 0.3) is 5.91 Å². The van der Waals surface area contributed by atoms with E-state index < -0.39 is 0 Å². The highest BCUT2D eigenvalue weighted by molar-refractivity contribution is 5.94. The summed E-state index contributed by atoms with van der Waals surface area (Å²) in [5.74, 6) is 1.51. The normalized spacial score (nSPS) is 22.5. The molecular formula is C32H34N6O2. The Morgan fingerprint density at radius 2 is 1.98 bits per heavy atom. The van der Waals surface area contributed by atoms with Crippen LogP contribution in [0.3, 0.4) is 0 Å². The van der Waals surface area contributed by atoms with E-state index in [9.17, 15) is 10.1 Å². The summed E-state index contributed by atoms with van der Waals surface area (Å²) in [6, 6.07) is 16.7.